The Labute approximate surface area is 142 Å². The van der Waals surface area contributed by atoms with Gasteiger partial charge in [0.1, 0.15) is 6.04 Å². The third-order valence-electron chi connectivity index (χ3n) is 4.37. The van der Waals surface area contributed by atoms with Crippen molar-refractivity contribution >= 4 is 17.5 Å². The Hall–Kier alpha value is -2.62. The minimum absolute atomic E-state index is 0.0176. The summed E-state index contributed by atoms with van der Waals surface area (Å²) < 4.78 is 0. The molecule has 0 bridgehead atoms. The number of fused-ring (bicyclic) bond motifs is 3. The summed E-state index contributed by atoms with van der Waals surface area (Å²) in [5, 5.41) is 5.65. The molecule has 2 aromatic carbocycles. The van der Waals surface area contributed by atoms with Crippen LogP contribution in [-0.2, 0) is 16.0 Å². The van der Waals surface area contributed by atoms with Crippen LogP contribution in [-0.4, -0.2) is 17.9 Å². The van der Waals surface area contributed by atoms with Crippen LogP contribution in [0.5, 0.6) is 0 Å². The number of hydrogen-bond donors (Lipinski definition) is 2. The van der Waals surface area contributed by atoms with Crippen molar-refractivity contribution in [1.29, 1.82) is 0 Å². The normalized spacial score (nSPS) is 13.2. The van der Waals surface area contributed by atoms with Gasteiger partial charge in [0.2, 0.25) is 11.8 Å². The molecule has 0 aromatic heterocycles. The Morgan fingerprint density at radius 2 is 1.71 bits per heavy atom. The quantitative estimate of drug-likeness (QED) is 0.774. The molecule has 124 valence electrons. The third-order valence-corrected chi connectivity index (χ3v) is 4.37. The molecule has 4 heteroatoms. The molecule has 0 fully saturated rings. The largest absolute Gasteiger partial charge is 0.344 e. The van der Waals surface area contributed by atoms with Gasteiger partial charge in [-0.3, -0.25) is 9.59 Å². The van der Waals surface area contributed by atoms with E-state index in [9.17, 15) is 9.59 Å². The van der Waals surface area contributed by atoms with Crippen molar-refractivity contribution < 1.29 is 9.59 Å². The molecule has 0 radical (unpaired) electrons. The summed E-state index contributed by atoms with van der Waals surface area (Å²) in [6, 6.07) is 13.8. The number of hydrogen-bond acceptors (Lipinski definition) is 2. The molecular weight excluding hydrogens is 300 g/mol. The summed E-state index contributed by atoms with van der Waals surface area (Å²) >= 11 is 0. The highest BCUT2D eigenvalue weighted by Crippen LogP contribution is 2.37. The molecule has 1 atom stereocenters. The fraction of sp³-hybridized carbons (Fsp3) is 0.300. The van der Waals surface area contributed by atoms with Crippen molar-refractivity contribution in [2.45, 2.75) is 33.2 Å². The molecule has 0 spiro atoms. The van der Waals surface area contributed by atoms with Gasteiger partial charge < -0.3 is 10.6 Å². The number of carbonyl (C=O) groups excluding carboxylic acids is 2. The second-order valence-electron chi connectivity index (χ2n) is 6.62. The predicted molar refractivity (Wildman–Crippen MR) is 95.8 cm³/mol. The zero-order chi connectivity index (χ0) is 17.3. The highest BCUT2D eigenvalue weighted by Gasteiger charge is 2.24. The van der Waals surface area contributed by atoms with Crippen molar-refractivity contribution in [1.82, 2.24) is 5.32 Å². The fourth-order valence-electron chi connectivity index (χ4n) is 3.18. The number of benzene rings is 2. The average molecular weight is 322 g/mol. The first-order valence-electron chi connectivity index (χ1n) is 8.25. The van der Waals surface area contributed by atoms with Crippen LogP contribution in [0.2, 0.25) is 0 Å². The minimum Gasteiger partial charge on any atom is -0.344 e. The summed E-state index contributed by atoms with van der Waals surface area (Å²) in [6.07, 6.45) is 0.931. The van der Waals surface area contributed by atoms with Gasteiger partial charge in [0.25, 0.3) is 0 Å². The highest BCUT2D eigenvalue weighted by atomic mass is 16.2. The van der Waals surface area contributed by atoms with Crippen molar-refractivity contribution in [3.8, 4) is 11.1 Å². The molecule has 0 saturated carbocycles. The minimum atomic E-state index is -0.539. The first kappa shape index (κ1) is 16.2. The Morgan fingerprint density at radius 3 is 2.42 bits per heavy atom. The molecule has 0 unspecified atom stereocenters. The van der Waals surface area contributed by atoms with Crippen molar-refractivity contribution in [3.63, 3.8) is 0 Å². The number of nitrogens with one attached hydrogen (secondary N) is 2. The van der Waals surface area contributed by atoms with Crippen LogP contribution >= 0.6 is 0 Å². The van der Waals surface area contributed by atoms with E-state index in [4.69, 9.17) is 0 Å². The molecule has 4 nitrogen and oxygen atoms in total. The van der Waals surface area contributed by atoms with Crippen LogP contribution in [0.15, 0.2) is 42.5 Å². The summed E-state index contributed by atoms with van der Waals surface area (Å²) in [7, 11) is 0. The average Bonchev–Trinajstić information content (AvgIpc) is 2.90. The summed E-state index contributed by atoms with van der Waals surface area (Å²) in [5.41, 5.74) is 5.74. The molecule has 24 heavy (non-hydrogen) atoms. The van der Waals surface area contributed by atoms with Gasteiger partial charge in [-0.05, 0) is 46.7 Å². The zero-order valence-corrected chi connectivity index (χ0v) is 14.2. The van der Waals surface area contributed by atoms with Crippen LogP contribution in [0.4, 0.5) is 5.69 Å². The number of rotatable bonds is 4. The summed E-state index contributed by atoms with van der Waals surface area (Å²) in [5.74, 6) is -0.373. The Bertz CT molecular complexity index is 796. The number of anilines is 1. The van der Waals surface area contributed by atoms with E-state index in [1.54, 1.807) is 0 Å². The first-order valence-corrected chi connectivity index (χ1v) is 8.25. The lowest BCUT2D eigenvalue weighted by molar-refractivity contribution is -0.126. The SMILES string of the molecule is CC(=O)N[C@H](C(=O)Nc1ccc2c(c1)-c1ccccc1C2)C(C)C. The second-order valence-corrected chi connectivity index (χ2v) is 6.62. The van der Waals surface area contributed by atoms with Crippen LogP contribution in [0.25, 0.3) is 11.1 Å². The maximum absolute atomic E-state index is 12.5. The summed E-state index contributed by atoms with van der Waals surface area (Å²) in [6.45, 7) is 5.26. The molecule has 1 aliphatic rings. The van der Waals surface area contributed by atoms with Gasteiger partial charge >= 0.3 is 0 Å². The van der Waals surface area contributed by atoms with E-state index in [2.05, 4.69) is 28.8 Å². The molecular formula is C20H22N2O2. The van der Waals surface area contributed by atoms with E-state index < -0.39 is 6.04 Å². The first-order chi connectivity index (χ1) is 11.5. The van der Waals surface area contributed by atoms with Crippen LogP contribution in [0, 0.1) is 5.92 Å². The van der Waals surface area contributed by atoms with E-state index in [-0.39, 0.29) is 17.7 Å². The van der Waals surface area contributed by atoms with Crippen LogP contribution in [0.1, 0.15) is 31.9 Å². The van der Waals surface area contributed by atoms with Crippen molar-refractivity contribution in [3.05, 3.63) is 53.6 Å². The van der Waals surface area contributed by atoms with Gasteiger partial charge in [-0.25, -0.2) is 0 Å². The van der Waals surface area contributed by atoms with Gasteiger partial charge in [0.05, 0.1) is 0 Å². The molecule has 2 amide bonds. The Balaban J connectivity index is 1.82. The molecule has 3 rings (SSSR count). The van der Waals surface area contributed by atoms with Crippen LogP contribution in [0.3, 0.4) is 0 Å². The van der Waals surface area contributed by atoms with E-state index >= 15 is 0 Å². The van der Waals surface area contributed by atoms with E-state index in [1.165, 1.54) is 29.2 Å². The highest BCUT2D eigenvalue weighted by molar-refractivity contribution is 5.98. The maximum atomic E-state index is 12.5. The van der Waals surface area contributed by atoms with Crippen LogP contribution < -0.4 is 10.6 Å². The monoisotopic (exact) mass is 322 g/mol. The number of carbonyl (C=O) groups is 2. The standard InChI is InChI=1S/C20H22N2O2/c1-12(2)19(21-13(3)23)20(24)22-16-9-8-15-10-14-6-4-5-7-17(14)18(15)11-16/h4-9,11-12,19H,10H2,1-3H3,(H,21,23)(H,22,24)/t19-/m0/s1. The summed E-state index contributed by atoms with van der Waals surface area (Å²) in [4.78, 5) is 23.8. The molecule has 2 N–H and O–H groups in total. The topological polar surface area (TPSA) is 58.2 Å². The lowest BCUT2D eigenvalue weighted by Gasteiger charge is -2.21. The molecule has 0 saturated heterocycles. The lowest BCUT2D eigenvalue weighted by atomic mass is 10.0. The van der Waals surface area contributed by atoms with Gasteiger partial charge in [0.15, 0.2) is 0 Å². The Kier molecular flexibility index (Phi) is 4.38. The van der Waals surface area contributed by atoms with Gasteiger partial charge in [0, 0.05) is 12.6 Å². The fourth-order valence-corrected chi connectivity index (χ4v) is 3.18. The van der Waals surface area contributed by atoms with E-state index in [0.29, 0.717) is 0 Å². The van der Waals surface area contributed by atoms with Crippen molar-refractivity contribution in [2.75, 3.05) is 5.32 Å². The van der Waals surface area contributed by atoms with Crippen molar-refractivity contribution in [2.24, 2.45) is 5.92 Å². The van der Waals surface area contributed by atoms with E-state index in [1.807, 2.05) is 38.1 Å². The molecule has 2 aromatic rings. The smallest absolute Gasteiger partial charge is 0.247 e. The Morgan fingerprint density at radius 1 is 1.00 bits per heavy atom. The zero-order valence-electron chi connectivity index (χ0n) is 14.2. The van der Waals surface area contributed by atoms with Gasteiger partial charge in [-0.15, -0.1) is 0 Å². The van der Waals surface area contributed by atoms with Gasteiger partial charge in [-0.1, -0.05) is 44.2 Å². The molecule has 0 aliphatic heterocycles. The van der Waals surface area contributed by atoms with E-state index in [0.717, 1.165) is 12.1 Å². The second kappa shape index (κ2) is 6.48. The van der Waals surface area contributed by atoms with Gasteiger partial charge in [-0.2, -0.15) is 0 Å². The lowest BCUT2D eigenvalue weighted by Crippen LogP contribution is -2.46. The molecule has 1 aliphatic carbocycles. The third kappa shape index (κ3) is 3.18. The maximum Gasteiger partial charge on any atom is 0.247 e. The predicted octanol–water partition coefficient (Wildman–Crippen LogP) is 3.36. The number of amides is 2. The molecule has 0 heterocycles.